The minimum atomic E-state index is -0.495. The molecule has 7 nitrogen and oxygen atoms in total. The number of nitrogens with zero attached hydrogens (tertiary/aromatic N) is 3. The van der Waals surface area contributed by atoms with Crippen molar-refractivity contribution in [3.05, 3.63) is 11.9 Å². The van der Waals surface area contributed by atoms with Crippen molar-refractivity contribution >= 4 is 6.03 Å². The third-order valence-electron chi connectivity index (χ3n) is 2.14. The molecule has 0 atom stereocenters. The largest absolute Gasteiger partial charge is 0.352 e. The molecule has 0 unspecified atom stereocenters. The molecule has 0 radical (unpaired) electrons. The second-order valence-electron chi connectivity index (χ2n) is 4.15. The fourth-order valence-corrected chi connectivity index (χ4v) is 1.29. The summed E-state index contributed by atoms with van der Waals surface area (Å²) in [6, 6.07) is -0.0645. The van der Waals surface area contributed by atoms with Crippen molar-refractivity contribution in [1.29, 1.82) is 0 Å². The van der Waals surface area contributed by atoms with Crippen LogP contribution in [0.25, 0.3) is 0 Å². The SMILES string of the molecule is CC(C)NCc1cn(CCCNC(N)=O)nn1. The molecule has 1 aromatic heterocycles. The number of hydrogen-bond acceptors (Lipinski definition) is 4. The molecule has 0 saturated carbocycles. The normalized spacial score (nSPS) is 10.8. The highest BCUT2D eigenvalue weighted by Crippen LogP contribution is 1.95. The van der Waals surface area contributed by atoms with E-state index in [1.54, 1.807) is 4.68 Å². The lowest BCUT2D eigenvalue weighted by atomic mass is 10.3. The molecule has 7 heteroatoms. The Morgan fingerprint density at radius 1 is 1.59 bits per heavy atom. The predicted molar refractivity (Wildman–Crippen MR) is 64.2 cm³/mol. The van der Waals surface area contributed by atoms with E-state index in [0.29, 0.717) is 12.6 Å². The Bertz CT molecular complexity index is 348. The van der Waals surface area contributed by atoms with Crippen LogP contribution >= 0.6 is 0 Å². The number of hydrogen-bond donors (Lipinski definition) is 3. The highest BCUT2D eigenvalue weighted by Gasteiger charge is 2.01. The first kappa shape index (κ1) is 13.4. The first-order valence-electron chi connectivity index (χ1n) is 5.73. The molecule has 0 bridgehead atoms. The summed E-state index contributed by atoms with van der Waals surface area (Å²) < 4.78 is 1.76. The van der Waals surface area contributed by atoms with Gasteiger partial charge >= 0.3 is 6.03 Å². The van der Waals surface area contributed by atoms with Gasteiger partial charge in [0.1, 0.15) is 0 Å². The number of carbonyl (C=O) groups is 1. The number of nitrogens with one attached hydrogen (secondary N) is 2. The first-order chi connectivity index (χ1) is 8.08. The lowest BCUT2D eigenvalue weighted by Crippen LogP contribution is -2.30. The standard InChI is InChI=1S/C10H20N6O/c1-8(2)13-6-9-7-16(15-14-9)5-3-4-12-10(11)17/h7-8,13H,3-6H2,1-2H3,(H3,11,12,17). The van der Waals surface area contributed by atoms with Crippen LogP contribution in [0.3, 0.4) is 0 Å². The van der Waals surface area contributed by atoms with E-state index in [4.69, 9.17) is 5.73 Å². The summed E-state index contributed by atoms with van der Waals surface area (Å²) in [5.41, 5.74) is 5.87. The summed E-state index contributed by atoms with van der Waals surface area (Å²) in [6.45, 7) is 6.15. The van der Waals surface area contributed by atoms with Gasteiger partial charge in [0.2, 0.25) is 0 Å². The summed E-state index contributed by atoms with van der Waals surface area (Å²) in [5, 5.41) is 13.8. The molecular weight excluding hydrogens is 220 g/mol. The Labute approximate surface area is 101 Å². The topological polar surface area (TPSA) is 97.9 Å². The Morgan fingerprint density at radius 2 is 2.35 bits per heavy atom. The third kappa shape index (κ3) is 5.86. The van der Waals surface area contributed by atoms with Crippen molar-refractivity contribution in [3.63, 3.8) is 0 Å². The lowest BCUT2D eigenvalue weighted by Gasteiger charge is -2.04. The number of nitrogens with two attached hydrogens (primary N) is 1. The van der Waals surface area contributed by atoms with Gasteiger partial charge in [0.05, 0.1) is 5.69 Å². The van der Waals surface area contributed by atoms with Crippen LogP contribution in [0, 0.1) is 0 Å². The molecule has 4 N–H and O–H groups in total. The van der Waals surface area contributed by atoms with Crippen LogP contribution < -0.4 is 16.4 Å². The molecule has 0 saturated heterocycles. The van der Waals surface area contributed by atoms with Crippen LogP contribution in [-0.4, -0.2) is 33.6 Å². The molecular formula is C10H20N6O. The maximum absolute atomic E-state index is 10.4. The van der Waals surface area contributed by atoms with E-state index in [2.05, 4.69) is 34.8 Å². The van der Waals surface area contributed by atoms with Gasteiger partial charge in [0, 0.05) is 31.9 Å². The zero-order valence-corrected chi connectivity index (χ0v) is 10.3. The smallest absolute Gasteiger partial charge is 0.312 e. The second kappa shape index (κ2) is 6.85. The summed E-state index contributed by atoms with van der Waals surface area (Å²) in [7, 11) is 0. The minimum absolute atomic E-state index is 0.430. The van der Waals surface area contributed by atoms with Crippen molar-refractivity contribution in [2.45, 2.75) is 39.4 Å². The fourth-order valence-electron chi connectivity index (χ4n) is 1.29. The number of carbonyl (C=O) groups excluding carboxylic acids is 1. The first-order valence-corrected chi connectivity index (χ1v) is 5.73. The van der Waals surface area contributed by atoms with Crippen LogP contribution in [0.2, 0.25) is 0 Å². The molecule has 0 aliphatic rings. The maximum atomic E-state index is 10.4. The van der Waals surface area contributed by atoms with E-state index in [1.807, 2.05) is 6.20 Å². The van der Waals surface area contributed by atoms with Crippen molar-refractivity contribution in [2.75, 3.05) is 6.54 Å². The van der Waals surface area contributed by atoms with E-state index in [1.165, 1.54) is 0 Å². The summed E-state index contributed by atoms with van der Waals surface area (Å²) in [4.78, 5) is 10.4. The van der Waals surface area contributed by atoms with Gasteiger partial charge in [-0.2, -0.15) is 0 Å². The fraction of sp³-hybridized carbons (Fsp3) is 0.700. The van der Waals surface area contributed by atoms with Gasteiger partial charge in [-0.1, -0.05) is 19.1 Å². The quantitative estimate of drug-likeness (QED) is 0.576. The lowest BCUT2D eigenvalue weighted by molar-refractivity contribution is 0.248. The van der Waals surface area contributed by atoms with E-state index < -0.39 is 6.03 Å². The van der Waals surface area contributed by atoms with Gasteiger partial charge in [-0.05, 0) is 6.42 Å². The van der Waals surface area contributed by atoms with Gasteiger partial charge in [-0.3, -0.25) is 4.68 Å². The Morgan fingerprint density at radius 3 is 3.00 bits per heavy atom. The highest BCUT2D eigenvalue weighted by atomic mass is 16.2. The van der Waals surface area contributed by atoms with E-state index in [0.717, 1.165) is 25.2 Å². The molecule has 1 aromatic rings. The van der Waals surface area contributed by atoms with Gasteiger partial charge in [-0.15, -0.1) is 5.10 Å². The predicted octanol–water partition coefficient (Wildman–Crippen LogP) is -0.165. The van der Waals surface area contributed by atoms with Crippen LogP contribution in [0.1, 0.15) is 26.0 Å². The number of aryl methyl sites for hydroxylation is 1. The number of primary amides is 1. The van der Waals surface area contributed by atoms with Gasteiger partial charge in [-0.25, -0.2) is 4.79 Å². The molecule has 0 spiro atoms. The molecule has 0 aliphatic carbocycles. The molecule has 0 aliphatic heterocycles. The number of urea groups is 1. The van der Waals surface area contributed by atoms with Crippen molar-refractivity contribution in [2.24, 2.45) is 5.73 Å². The van der Waals surface area contributed by atoms with E-state index in [9.17, 15) is 4.79 Å². The zero-order chi connectivity index (χ0) is 12.7. The number of amides is 2. The molecule has 96 valence electrons. The third-order valence-corrected chi connectivity index (χ3v) is 2.14. The minimum Gasteiger partial charge on any atom is -0.352 e. The van der Waals surface area contributed by atoms with Gasteiger partial charge in [0.25, 0.3) is 0 Å². The van der Waals surface area contributed by atoms with Crippen LogP contribution in [-0.2, 0) is 13.1 Å². The molecule has 1 heterocycles. The van der Waals surface area contributed by atoms with E-state index >= 15 is 0 Å². The summed E-state index contributed by atoms with van der Waals surface area (Å²) >= 11 is 0. The number of aromatic nitrogens is 3. The summed E-state index contributed by atoms with van der Waals surface area (Å²) in [6.07, 6.45) is 2.68. The molecule has 0 aromatic carbocycles. The number of rotatable bonds is 7. The average Bonchev–Trinajstić information content (AvgIpc) is 2.69. The Kier molecular flexibility index (Phi) is 5.41. The van der Waals surface area contributed by atoms with Crippen molar-refractivity contribution < 1.29 is 4.79 Å². The Balaban J connectivity index is 2.23. The van der Waals surface area contributed by atoms with Crippen LogP contribution in [0.4, 0.5) is 4.79 Å². The molecule has 17 heavy (non-hydrogen) atoms. The molecule has 2 amide bonds. The summed E-state index contributed by atoms with van der Waals surface area (Å²) in [5.74, 6) is 0. The van der Waals surface area contributed by atoms with Crippen LogP contribution in [0.5, 0.6) is 0 Å². The van der Waals surface area contributed by atoms with E-state index in [-0.39, 0.29) is 0 Å². The molecule has 1 rings (SSSR count). The Hall–Kier alpha value is -1.63. The average molecular weight is 240 g/mol. The van der Waals surface area contributed by atoms with Gasteiger partial charge < -0.3 is 16.4 Å². The van der Waals surface area contributed by atoms with Crippen molar-refractivity contribution in [3.8, 4) is 0 Å². The van der Waals surface area contributed by atoms with Crippen LogP contribution in [0.15, 0.2) is 6.20 Å². The maximum Gasteiger partial charge on any atom is 0.312 e. The highest BCUT2D eigenvalue weighted by molar-refractivity contribution is 5.71. The van der Waals surface area contributed by atoms with Gasteiger partial charge in [0.15, 0.2) is 0 Å². The second-order valence-corrected chi connectivity index (χ2v) is 4.15. The zero-order valence-electron chi connectivity index (χ0n) is 10.3. The molecule has 0 fully saturated rings. The monoisotopic (exact) mass is 240 g/mol. The van der Waals surface area contributed by atoms with Crippen molar-refractivity contribution in [1.82, 2.24) is 25.6 Å².